The summed E-state index contributed by atoms with van der Waals surface area (Å²) in [7, 11) is 0. The number of benzene rings is 1. The minimum absolute atomic E-state index is 0.133. The Morgan fingerprint density at radius 2 is 2.05 bits per heavy atom. The number of piperazine rings is 1. The van der Waals surface area contributed by atoms with E-state index < -0.39 is 0 Å². The Labute approximate surface area is 115 Å². The van der Waals surface area contributed by atoms with Gasteiger partial charge in [0, 0.05) is 30.4 Å². The number of hydrogen-bond acceptors (Lipinski definition) is 2. The van der Waals surface area contributed by atoms with Crippen molar-refractivity contribution in [3.05, 3.63) is 29.6 Å². The van der Waals surface area contributed by atoms with E-state index in [4.69, 9.17) is 0 Å². The topological polar surface area (TPSA) is 15.3 Å². The van der Waals surface area contributed by atoms with Crippen LogP contribution in [0.4, 0.5) is 10.1 Å². The van der Waals surface area contributed by atoms with Crippen molar-refractivity contribution in [2.75, 3.05) is 18.0 Å². The lowest BCUT2D eigenvalue weighted by atomic mass is 9.92. The van der Waals surface area contributed by atoms with Crippen LogP contribution in [0, 0.1) is 12.7 Å². The van der Waals surface area contributed by atoms with E-state index in [2.05, 4.69) is 24.1 Å². The highest BCUT2D eigenvalue weighted by atomic mass is 19.1. The summed E-state index contributed by atoms with van der Waals surface area (Å²) < 4.78 is 13.6. The van der Waals surface area contributed by atoms with Gasteiger partial charge in [-0.1, -0.05) is 18.9 Å². The van der Waals surface area contributed by atoms with Crippen LogP contribution in [0.5, 0.6) is 0 Å². The zero-order valence-electron chi connectivity index (χ0n) is 11.9. The zero-order valence-corrected chi connectivity index (χ0v) is 11.9. The summed E-state index contributed by atoms with van der Waals surface area (Å²) in [5.41, 5.74) is 2.51. The van der Waals surface area contributed by atoms with Crippen LogP contribution >= 0.6 is 0 Å². The molecule has 1 unspecified atom stereocenters. The molecule has 19 heavy (non-hydrogen) atoms. The standard InChI is InChI=1S/C16H23FN2/c1-12-5-6-14(17)9-15(12)19-11-16(7-3-4-8-16)18-10-13(19)2/h5-6,9,13,18H,3-4,7-8,10-11H2,1-2H3. The van der Waals surface area contributed by atoms with Crippen molar-refractivity contribution in [2.45, 2.75) is 51.1 Å². The highest BCUT2D eigenvalue weighted by Gasteiger charge is 2.40. The second-order valence-corrected chi connectivity index (χ2v) is 6.28. The third kappa shape index (κ3) is 2.36. The van der Waals surface area contributed by atoms with Gasteiger partial charge in [-0.2, -0.15) is 0 Å². The minimum Gasteiger partial charge on any atom is -0.365 e. The van der Waals surface area contributed by atoms with E-state index in [0.717, 1.165) is 18.8 Å². The molecule has 1 N–H and O–H groups in total. The molecule has 1 aliphatic carbocycles. The quantitative estimate of drug-likeness (QED) is 0.836. The smallest absolute Gasteiger partial charge is 0.125 e. The highest BCUT2D eigenvalue weighted by molar-refractivity contribution is 5.55. The molecule has 0 radical (unpaired) electrons. The lowest BCUT2D eigenvalue weighted by molar-refractivity contribution is 0.276. The number of anilines is 1. The van der Waals surface area contributed by atoms with E-state index in [1.54, 1.807) is 12.1 Å². The number of nitrogens with zero attached hydrogens (tertiary/aromatic N) is 1. The molecule has 0 bridgehead atoms. The van der Waals surface area contributed by atoms with Crippen LogP contribution in [-0.2, 0) is 0 Å². The maximum atomic E-state index is 13.6. The normalized spacial score (nSPS) is 26.1. The van der Waals surface area contributed by atoms with Crippen molar-refractivity contribution in [1.29, 1.82) is 0 Å². The lowest BCUT2D eigenvalue weighted by Gasteiger charge is -2.47. The van der Waals surface area contributed by atoms with Gasteiger partial charge in [-0.05, 0) is 44.4 Å². The summed E-state index contributed by atoms with van der Waals surface area (Å²) in [5.74, 6) is -0.133. The molecule has 3 rings (SSSR count). The average Bonchev–Trinajstić information content (AvgIpc) is 2.84. The van der Waals surface area contributed by atoms with Crippen LogP contribution in [0.1, 0.15) is 38.2 Å². The largest absolute Gasteiger partial charge is 0.365 e. The summed E-state index contributed by atoms with van der Waals surface area (Å²) in [6, 6.07) is 5.56. The molecule has 1 aliphatic heterocycles. The monoisotopic (exact) mass is 262 g/mol. The number of halogens is 1. The molecule has 2 fully saturated rings. The molecule has 1 saturated heterocycles. The van der Waals surface area contributed by atoms with Gasteiger partial charge in [0.1, 0.15) is 5.82 Å². The van der Waals surface area contributed by atoms with Gasteiger partial charge in [-0.25, -0.2) is 4.39 Å². The van der Waals surface area contributed by atoms with Gasteiger partial charge in [0.25, 0.3) is 0 Å². The summed E-state index contributed by atoms with van der Waals surface area (Å²) in [4.78, 5) is 2.40. The average molecular weight is 262 g/mol. The van der Waals surface area contributed by atoms with Crippen LogP contribution in [0.2, 0.25) is 0 Å². The Kier molecular flexibility index (Phi) is 3.25. The van der Waals surface area contributed by atoms with Gasteiger partial charge in [-0.15, -0.1) is 0 Å². The van der Waals surface area contributed by atoms with Crippen molar-refractivity contribution >= 4 is 5.69 Å². The van der Waals surface area contributed by atoms with Crippen LogP contribution < -0.4 is 10.2 Å². The highest BCUT2D eigenvalue weighted by Crippen LogP contribution is 2.36. The minimum atomic E-state index is -0.133. The molecule has 1 spiro atoms. The SMILES string of the molecule is Cc1ccc(F)cc1N1CC2(CCCC2)NCC1C. The molecule has 104 valence electrons. The Bertz CT molecular complexity index is 466. The molecular formula is C16H23FN2. The summed E-state index contributed by atoms with van der Waals surface area (Å²) in [6.07, 6.45) is 5.14. The fourth-order valence-corrected chi connectivity index (χ4v) is 3.61. The van der Waals surface area contributed by atoms with Gasteiger partial charge < -0.3 is 10.2 Å². The maximum Gasteiger partial charge on any atom is 0.125 e. The molecular weight excluding hydrogens is 239 g/mol. The Hall–Kier alpha value is -1.09. The van der Waals surface area contributed by atoms with E-state index in [9.17, 15) is 4.39 Å². The first-order valence-electron chi connectivity index (χ1n) is 7.37. The van der Waals surface area contributed by atoms with E-state index >= 15 is 0 Å². The second-order valence-electron chi connectivity index (χ2n) is 6.28. The van der Waals surface area contributed by atoms with Crippen molar-refractivity contribution in [1.82, 2.24) is 5.32 Å². The predicted octanol–water partition coefficient (Wildman–Crippen LogP) is 3.25. The molecule has 3 heteroatoms. The molecule has 1 saturated carbocycles. The Balaban J connectivity index is 1.91. The molecule has 0 aromatic heterocycles. The molecule has 1 atom stereocenters. The Morgan fingerprint density at radius 3 is 2.79 bits per heavy atom. The van der Waals surface area contributed by atoms with Crippen molar-refractivity contribution in [3.63, 3.8) is 0 Å². The van der Waals surface area contributed by atoms with Crippen LogP contribution in [0.15, 0.2) is 18.2 Å². The van der Waals surface area contributed by atoms with E-state index in [1.165, 1.54) is 31.2 Å². The maximum absolute atomic E-state index is 13.6. The number of hydrogen-bond donors (Lipinski definition) is 1. The van der Waals surface area contributed by atoms with Crippen LogP contribution in [0.3, 0.4) is 0 Å². The fourth-order valence-electron chi connectivity index (χ4n) is 3.61. The molecule has 0 amide bonds. The molecule has 2 nitrogen and oxygen atoms in total. The van der Waals surface area contributed by atoms with Crippen LogP contribution in [0.25, 0.3) is 0 Å². The van der Waals surface area contributed by atoms with Gasteiger partial charge in [0.05, 0.1) is 0 Å². The summed E-state index contributed by atoms with van der Waals surface area (Å²) in [6.45, 7) is 6.30. The van der Waals surface area contributed by atoms with Gasteiger partial charge in [0.15, 0.2) is 0 Å². The Morgan fingerprint density at radius 1 is 1.32 bits per heavy atom. The molecule has 1 heterocycles. The second kappa shape index (κ2) is 4.78. The molecule has 2 aliphatic rings. The van der Waals surface area contributed by atoms with E-state index in [1.807, 2.05) is 6.07 Å². The zero-order chi connectivity index (χ0) is 13.5. The number of nitrogens with one attached hydrogen (secondary N) is 1. The summed E-state index contributed by atoms with van der Waals surface area (Å²) >= 11 is 0. The lowest BCUT2D eigenvalue weighted by Crippen LogP contribution is -2.62. The van der Waals surface area contributed by atoms with Crippen molar-refractivity contribution < 1.29 is 4.39 Å². The van der Waals surface area contributed by atoms with Crippen molar-refractivity contribution in [3.8, 4) is 0 Å². The number of aryl methyl sites for hydroxylation is 1. The van der Waals surface area contributed by atoms with E-state index in [-0.39, 0.29) is 11.4 Å². The molecule has 1 aromatic carbocycles. The predicted molar refractivity (Wildman–Crippen MR) is 77.1 cm³/mol. The van der Waals surface area contributed by atoms with Gasteiger partial charge in [-0.3, -0.25) is 0 Å². The third-order valence-corrected chi connectivity index (χ3v) is 4.82. The van der Waals surface area contributed by atoms with Crippen molar-refractivity contribution in [2.24, 2.45) is 0 Å². The first-order chi connectivity index (χ1) is 9.10. The fraction of sp³-hybridized carbons (Fsp3) is 0.625. The van der Waals surface area contributed by atoms with E-state index in [0.29, 0.717) is 6.04 Å². The first kappa shape index (κ1) is 12.9. The van der Waals surface area contributed by atoms with Gasteiger partial charge >= 0.3 is 0 Å². The third-order valence-electron chi connectivity index (χ3n) is 4.82. The summed E-state index contributed by atoms with van der Waals surface area (Å²) in [5, 5.41) is 3.74. The first-order valence-corrected chi connectivity index (χ1v) is 7.37. The molecule has 1 aromatic rings. The van der Waals surface area contributed by atoms with Crippen LogP contribution in [-0.4, -0.2) is 24.7 Å². The van der Waals surface area contributed by atoms with Gasteiger partial charge in [0.2, 0.25) is 0 Å². The number of rotatable bonds is 1.